The lowest BCUT2D eigenvalue weighted by Gasteiger charge is -2.07. The van der Waals surface area contributed by atoms with Crippen LogP contribution in [0, 0.1) is 13.8 Å². The summed E-state index contributed by atoms with van der Waals surface area (Å²) in [6.45, 7) is 5.70. The zero-order valence-corrected chi connectivity index (χ0v) is 12.0. The molecule has 0 fully saturated rings. The summed E-state index contributed by atoms with van der Waals surface area (Å²) in [4.78, 5) is 12.0. The highest BCUT2D eigenvalue weighted by Crippen LogP contribution is 2.29. The van der Waals surface area contributed by atoms with E-state index in [9.17, 15) is 4.79 Å². The maximum atomic E-state index is 12.0. The van der Waals surface area contributed by atoms with Gasteiger partial charge in [0.25, 0.3) is 0 Å². The maximum absolute atomic E-state index is 12.0. The van der Waals surface area contributed by atoms with Crippen LogP contribution in [-0.2, 0) is 4.74 Å². The summed E-state index contributed by atoms with van der Waals surface area (Å²) in [5.41, 5.74) is 2.62. The van der Waals surface area contributed by atoms with Gasteiger partial charge in [-0.15, -0.1) is 0 Å². The van der Waals surface area contributed by atoms with Gasteiger partial charge in [-0.25, -0.2) is 4.79 Å². The summed E-state index contributed by atoms with van der Waals surface area (Å²) in [6.07, 6.45) is 0. The van der Waals surface area contributed by atoms with Crippen molar-refractivity contribution in [1.82, 2.24) is 5.16 Å². The molecule has 1 aromatic heterocycles. The van der Waals surface area contributed by atoms with Crippen molar-refractivity contribution in [3.63, 3.8) is 0 Å². The Kier molecular flexibility index (Phi) is 4.08. The highest BCUT2D eigenvalue weighted by molar-refractivity contribution is 5.97. The molecule has 106 valence electrons. The zero-order valence-electron chi connectivity index (χ0n) is 12.0. The van der Waals surface area contributed by atoms with Crippen molar-refractivity contribution in [2.24, 2.45) is 0 Å². The van der Waals surface area contributed by atoms with Crippen molar-refractivity contribution < 1.29 is 18.8 Å². The van der Waals surface area contributed by atoms with Crippen molar-refractivity contribution in [2.45, 2.75) is 20.8 Å². The molecule has 0 saturated heterocycles. The zero-order chi connectivity index (χ0) is 14.7. The van der Waals surface area contributed by atoms with Crippen LogP contribution in [0.3, 0.4) is 0 Å². The van der Waals surface area contributed by atoms with Gasteiger partial charge in [0, 0.05) is 5.56 Å². The first kappa shape index (κ1) is 14.1. The molecule has 0 N–H and O–H groups in total. The van der Waals surface area contributed by atoms with E-state index >= 15 is 0 Å². The van der Waals surface area contributed by atoms with Crippen LogP contribution >= 0.6 is 0 Å². The number of esters is 1. The summed E-state index contributed by atoms with van der Waals surface area (Å²) >= 11 is 0. The van der Waals surface area contributed by atoms with E-state index in [-0.39, 0.29) is 0 Å². The number of nitrogens with zero attached hydrogens (tertiary/aromatic N) is 1. The SMILES string of the molecule is CCOC(=O)c1c(-c2ccc(OC)c(C)c2)noc1C. The lowest BCUT2D eigenvalue weighted by molar-refractivity contribution is 0.0525. The van der Waals surface area contributed by atoms with Crippen LogP contribution in [0.5, 0.6) is 5.75 Å². The maximum Gasteiger partial charge on any atom is 0.344 e. The summed E-state index contributed by atoms with van der Waals surface area (Å²) in [7, 11) is 1.62. The number of benzene rings is 1. The minimum Gasteiger partial charge on any atom is -0.496 e. The summed E-state index contributed by atoms with van der Waals surface area (Å²) in [5.74, 6) is 0.813. The molecule has 5 heteroatoms. The monoisotopic (exact) mass is 275 g/mol. The van der Waals surface area contributed by atoms with Gasteiger partial charge in [0.2, 0.25) is 0 Å². The van der Waals surface area contributed by atoms with Gasteiger partial charge < -0.3 is 14.0 Å². The van der Waals surface area contributed by atoms with Crippen molar-refractivity contribution in [3.05, 3.63) is 35.1 Å². The molecule has 0 bridgehead atoms. The van der Waals surface area contributed by atoms with Crippen LogP contribution in [0.4, 0.5) is 0 Å². The number of aromatic nitrogens is 1. The van der Waals surface area contributed by atoms with Crippen LogP contribution in [0.1, 0.15) is 28.6 Å². The predicted octanol–water partition coefficient (Wildman–Crippen LogP) is 3.14. The van der Waals surface area contributed by atoms with Crippen LogP contribution in [-0.4, -0.2) is 24.8 Å². The fraction of sp³-hybridized carbons (Fsp3) is 0.333. The highest BCUT2D eigenvalue weighted by Gasteiger charge is 2.22. The fourth-order valence-electron chi connectivity index (χ4n) is 2.04. The Balaban J connectivity index is 2.48. The Hall–Kier alpha value is -2.30. The average molecular weight is 275 g/mol. The molecule has 0 amide bonds. The molecule has 1 aromatic carbocycles. The molecule has 2 aromatic rings. The second-order valence-electron chi connectivity index (χ2n) is 4.37. The summed E-state index contributed by atoms with van der Waals surface area (Å²) < 4.78 is 15.4. The number of hydrogen-bond donors (Lipinski definition) is 0. The molecule has 0 aliphatic heterocycles. The van der Waals surface area contributed by atoms with Gasteiger partial charge in [0.15, 0.2) is 0 Å². The number of methoxy groups -OCH3 is 1. The molecule has 0 unspecified atom stereocenters. The highest BCUT2D eigenvalue weighted by atomic mass is 16.5. The first-order valence-corrected chi connectivity index (χ1v) is 6.36. The molecule has 5 nitrogen and oxygen atoms in total. The predicted molar refractivity (Wildman–Crippen MR) is 73.9 cm³/mol. The minimum atomic E-state index is -0.422. The quantitative estimate of drug-likeness (QED) is 0.802. The smallest absolute Gasteiger partial charge is 0.344 e. The Bertz CT molecular complexity index is 631. The van der Waals surface area contributed by atoms with Gasteiger partial charge in [-0.3, -0.25) is 0 Å². The number of carbonyl (C=O) groups is 1. The molecule has 1 heterocycles. The fourth-order valence-corrected chi connectivity index (χ4v) is 2.04. The lowest BCUT2D eigenvalue weighted by Crippen LogP contribution is -2.06. The van der Waals surface area contributed by atoms with Gasteiger partial charge in [0.1, 0.15) is 22.8 Å². The van der Waals surface area contributed by atoms with Gasteiger partial charge in [-0.1, -0.05) is 5.16 Å². The Morgan fingerprint density at radius 3 is 2.70 bits per heavy atom. The number of aryl methyl sites for hydroxylation is 2. The second kappa shape index (κ2) is 5.77. The van der Waals surface area contributed by atoms with E-state index in [4.69, 9.17) is 14.0 Å². The first-order valence-electron chi connectivity index (χ1n) is 6.36. The molecule has 0 saturated carbocycles. The number of rotatable bonds is 4. The van der Waals surface area contributed by atoms with Crippen LogP contribution in [0.15, 0.2) is 22.7 Å². The normalized spacial score (nSPS) is 10.4. The lowest BCUT2D eigenvalue weighted by atomic mass is 10.0. The molecular formula is C15H17NO4. The first-order chi connectivity index (χ1) is 9.58. The van der Waals surface area contributed by atoms with E-state index in [1.165, 1.54) is 0 Å². The third-order valence-electron chi connectivity index (χ3n) is 3.01. The van der Waals surface area contributed by atoms with Crippen LogP contribution in [0.25, 0.3) is 11.3 Å². The van der Waals surface area contributed by atoms with Crippen molar-refractivity contribution in [2.75, 3.05) is 13.7 Å². The van der Waals surface area contributed by atoms with E-state index < -0.39 is 5.97 Å². The summed E-state index contributed by atoms with van der Waals surface area (Å²) in [6, 6.07) is 5.58. The second-order valence-corrected chi connectivity index (χ2v) is 4.37. The van der Waals surface area contributed by atoms with Crippen molar-refractivity contribution in [3.8, 4) is 17.0 Å². The third-order valence-corrected chi connectivity index (χ3v) is 3.01. The molecule has 0 aliphatic rings. The average Bonchev–Trinajstić information content (AvgIpc) is 2.81. The Labute approximate surface area is 117 Å². The minimum absolute atomic E-state index is 0.310. The van der Waals surface area contributed by atoms with E-state index in [1.54, 1.807) is 21.0 Å². The number of ether oxygens (including phenoxy) is 2. The van der Waals surface area contributed by atoms with Gasteiger partial charge in [-0.05, 0) is 44.5 Å². The molecule has 0 radical (unpaired) electrons. The Morgan fingerprint density at radius 1 is 1.35 bits per heavy atom. The standard InChI is InChI=1S/C15H17NO4/c1-5-19-15(17)13-10(3)20-16-14(13)11-6-7-12(18-4)9(2)8-11/h6-8H,5H2,1-4H3. The molecule has 20 heavy (non-hydrogen) atoms. The van der Waals surface area contributed by atoms with Crippen molar-refractivity contribution in [1.29, 1.82) is 0 Å². The molecule has 2 rings (SSSR count). The third kappa shape index (κ3) is 2.52. The largest absolute Gasteiger partial charge is 0.496 e. The molecular weight excluding hydrogens is 258 g/mol. The number of hydrogen-bond acceptors (Lipinski definition) is 5. The van der Waals surface area contributed by atoms with Crippen LogP contribution in [0.2, 0.25) is 0 Å². The Morgan fingerprint density at radius 2 is 2.10 bits per heavy atom. The van der Waals surface area contributed by atoms with E-state index in [0.29, 0.717) is 23.6 Å². The summed E-state index contributed by atoms with van der Waals surface area (Å²) in [5, 5.41) is 3.97. The topological polar surface area (TPSA) is 61.6 Å². The van der Waals surface area contributed by atoms with Crippen molar-refractivity contribution >= 4 is 5.97 Å². The molecule has 0 atom stereocenters. The molecule has 0 spiro atoms. The van der Waals surface area contributed by atoms with E-state index in [0.717, 1.165) is 16.9 Å². The number of carbonyl (C=O) groups excluding carboxylic acids is 1. The van der Waals surface area contributed by atoms with E-state index in [1.807, 2.05) is 25.1 Å². The van der Waals surface area contributed by atoms with Gasteiger partial charge in [0.05, 0.1) is 13.7 Å². The molecule has 0 aliphatic carbocycles. The van der Waals surface area contributed by atoms with E-state index in [2.05, 4.69) is 5.16 Å². The van der Waals surface area contributed by atoms with Gasteiger partial charge in [-0.2, -0.15) is 0 Å². The van der Waals surface area contributed by atoms with Gasteiger partial charge >= 0.3 is 5.97 Å². The van der Waals surface area contributed by atoms with Crippen LogP contribution < -0.4 is 4.74 Å².